The summed E-state index contributed by atoms with van der Waals surface area (Å²) in [6.45, 7) is 2.49. The molecule has 0 aromatic rings. The average Bonchev–Trinajstić information content (AvgIpc) is 2.59. The molecule has 0 unspecified atom stereocenters. The van der Waals surface area contributed by atoms with Crippen LogP contribution in [0.1, 0.15) is 39.0 Å². The van der Waals surface area contributed by atoms with Crippen LogP contribution < -0.4 is 10.6 Å². The lowest BCUT2D eigenvalue weighted by Crippen LogP contribution is -2.40. The molecule has 1 fully saturated rings. The topological polar surface area (TPSA) is 93.7 Å². The minimum atomic E-state index is -0.212. The molecule has 2 amide bonds. The van der Waals surface area contributed by atoms with Gasteiger partial charge in [-0.1, -0.05) is 6.92 Å². The number of ketones is 1. The zero-order chi connectivity index (χ0) is 17.8. The number of amides is 2. The number of carbonyl (C=O) groups is 3. The van der Waals surface area contributed by atoms with Crippen LogP contribution in [0, 0.1) is 5.92 Å². The summed E-state index contributed by atoms with van der Waals surface area (Å²) in [6, 6.07) is 0.130. The van der Waals surface area contributed by atoms with E-state index in [4.69, 9.17) is 8.92 Å². The Morgan fingerprint density at radius 3 is 2.42 bits per heavy atom. The summed E-state index contributed by atoms with van der Waals surface area (Å²) in [5.74, 6) is 0.124. The van der Waals surface area contributed by atoms with Crippen molar-refractivity contribution in [2.24, 2.45) is 5.92 Å². The van der Waals surface area contributed by atoms with Gasteiger partial charge in [0.2, 0.25) is 11.8 Å². The van der Waals surface area contributed by atoms with Gasteiger partial charge in [-0.05, 0) is 37.7 Å². The Hall–Kier alpha value is -1.12. The second kappa shape index (κ2) is 12.3. The lowest BCUT2D eigenvalue weighted by molar-refractivity contribution is -0.126. The molecule has 8 heteroatoms. The fraction of sp³-hybridized carbons (Fsp3) is 0.812. The Morgan fingerprint density at radius 1 is 1.08 bits per heavy atom. The monoisotopic (exact) mass is 360 g/mol. The lowest BCUT2D eigenvalue weighted by atomic mass is 9.83. The number of Topliss-reactive ketones (excluding diaryl/α,β-unsaturated/α-hetero) is 1. The molecular weight excluding hydrogens is 332 g/mol. The second-order valence-corrected chi connectivity index (χ2v) is 6.34. The number of hydrogen-bond acceptors (Lipinski definition) is 6. The molecule has 0 aliphatic heterocycles. The molecule has 0 atom stereocenters. The third-order valence-electron chi connectivity index (χ3n) is 4.01. The largest absolute Gasteiger partial charge is 0.370 e. The molecule has 138 valence electrons. The van der Waals surface area contributed by atoms with Crippen LogP contribution in [-0.4, -0.2) is 56.3 Å². The fourth-order valence-corrected chi connectivity index (χ4v) is 2.93. The van der Waals surface area contributed by atoms with E-state index in [1.54, 1.807) is 6.26 Å². The maximum Gasteiger partial charge on any atom is 0.247 e. The molecule has 1 aliphatic rings. The molecule has 24 heavy (non-hydrogen) atoms. The van der Waals surface area contributed by atoms with E-state index in [1.165, 1.54) is 0 Å². The van der Waals surface area contributed by atoms with Crippen LogP contribution in [0.25, 0.3) is 0 Å². The van der Waals surface area contributed by atoms with E-state index in [0.29, 0.717) is 18.7 Å². The summed E-state index contributed by atoms with van der Waals surface area (Å²) in [6.07, 6.45) is 5.71. The number of carbonyl (C=O) groups excluding carboxylic acids is 3. The smallest absolute Gasteiger partial charge is 0.247 e. The summed E-state index contributed by atoms with van der Waals surface area (Å²) < 4.78 is 10.1. The molecule has 0 spiro atoms. The Morgan fingerprint density at radius 2 is 1.79 bits per heavy atom. The normalized spacial score (nSPS) is 20.4. The predicted molar refractivity (Wildman–Crippen MR) is 92.5 cm³/mol. The Kier molecular flexibility index (Phi) is 10.7. The van der Waals surface area contributed by atoms with Crippen molar-refractivity contribution in [2.45, 2.75) is 45.1 Å². The number of rotatable bonds is 11. The molecule has 0 heterocycles. The number of nitrogens with one attached hydrogen (secondary N) is 2. The zero-order valence-corrected chi connectivity index (χ0v) is 15.3. The van der Waals surface area contributed by atoms with Crippen LogP contribution in [0.5, 0.6) is 0 Å². The highest BCUT2D eigenvalue weighted by Crippen LogP contribution is 2.25. The van der Waals surface area contributed by atoms with Crippen molar-refractivity contribution in [1.82, 2.24) is 10.6 Å². The summed E-state index contributed by atoms with van der Waals surface area (Å²) in [5.41, 5.74) is 0. The van der Waals surface area contributed by atoms with Crippen LogP contribution >= 0.6 is 12.0 Å². The molecule has 1 rings (SSSR count). The van der Waals surface area contributed by atoms with Crippen molar-refractivity contribution in [1.29, 1.82) is 0 Å². The van der Waals surface area contributed by atoms with E-state index in [0.717, 1.165) is 37.7 Å². The van der Waals surface area contributed by atoms with Gasteiger partial charge in [0.05, 0.1) is 6.61 Å². The van der Waals surface area contributed by atoms with Gasteiger partial charge in [-0.3, -0.25) is 14.4 Å². The lowest BCUT2D eigenvalue weighted by Gasteiger charge is -2.28. The van der Waals surface area contributed by atoms with Crippen molar-refractivity contribution >= 4 is 29.6 Å². The molecular formula is C16H28N2O5S. The summed E-state index contributed by atoms with van der Waals surface area (Å²) >= 11 is 1.13. The van der Waals surface area contributed by atoms with Gasteiger partial charge in [-0.25, -0.2) is 0 Å². The third kappa shape index (κ3) is 8.65. The van der Waals surface area contributed by atoms with E-state index >= 15 is 0 Å². The molecule has 0 aromatic carbocycles. The first-order valence-electron chi connectivity index (χ1n) is 8.38. The van der Waals surface area contributed by atoms with Gasteiger partial charge < -0.3 is 19.6 Å². The van der Waals surface area contributed by atoms with Crippen molar-refractivity contribution in [3.8, 4) is 0 Å². The average molecular weight is 360 g/mol. The maximum atomic E-state index is 11.8. The summed E-state index contributed by atoms with van der Waals surface area (Å²) in [5, 5.41) is 5.57. The van der Waals surface area contributed by atoms with E-state index in [-0.39, 0.29) is 43.6 Å². The maximum absolute atomic E-state index is 11.8. The first-order valence-corrected chi connectivity index (χ1v) is 9.53. The van der Waals surface area contributed by atoms with Gasteiger partial charge in [-0.2, -0.15) is 0 Å². The fourth-order valence-electron chi connectivity index (χ4n) is 2.71. The van der Waals surface area contributed by atoms with Crippen LogP contribution in [0.4, 0.5) is 0 Å². The highest BCUT2D eigenvalue weighted by atomic mass is 32.2. The van der Waals surface area contributed by atoms with Crippen LogP contribution in [0.3, 0.4) is 0 Å². The van der Waals surface area contributed by atoms with E-state index in [2.05, 4.69) is 10.6 Å². The molecule has 1 aliphatic carbocycles. The van der Waals surface area contributed by atoms with Crippen LogP contribution in [-0.2, 0) is 23.3 Å². The van der Waals surface area contributed by atoms with Gasteiger partial charge in [0, 0.05) is 31.2 Å². The van der Waals surface area contributed by atoms with Crippen molar-refractivity contribution in [2.75, 3.05) is 32.6 Å². The van der Waals surface area contributed by atoms with E-state index in [9.17, 15) is 14.4 Å². The van der Waals surface area contributed by atoms with Crippen molar-refractivity contribution in [3.05, 3.63) is 0 Å². The van der Waals surface area contributed by atoms with Crippen molar-refractivity contribution < 1.29 is 23.3 Å². The predicted octanol–water partition coefficient (Wildman–Crippen LogP) is 1.07. The Bertz CT molecular complexity index is 411. The summed E-state index contributed by atoms with van der Waals surface area (Å²) in [7, 11) is 0. The standard InChI is InChI=1S/C16H28N2O5S/c1-3-14(19)12-4-6-13(7-5-12)18-16(21)10-22-9-8-17-15(20)11-23-24-2/h12-13H,3-11H2,1-2H3,(H,17,20)(H,18,21). The van der Waals surface area contributed by atoms with Gasteiger partial charge in [0.1, 0.15) is 19.0 Å². The van der Waals surface area contributed by atoms with Gasteiger partial charge in [0.15, 0.2) is 0 Å². The number of hydrogen-bond donors (Lipinski definition) is 2. The molecule has 0 radical (unpaired) electrons. The molecule has 0 aromatic heterocycles. The SMILES string of the molecule is CCC(=O)C1CCC(NC(=O)COCCNC(=O)COSC)CC1. The Labute approximate surface area is 147 Å². The van der Waals surface area contributed by atoms with Gasteiger partial charge >= 0.3 is 0 Å². The van der Waals surface area contributed by atoms with E-state index < -0.39 is 0 Å². The van der Waals surface area contributed by atoms with Crippen LogP contribution in [0.2, 0.25) is 0 Å². The molecule has 2 N–H and O–H groups in total. The Balaban J connectivity index is 2.05. The number of ether oxygens (including phenoxy) is 1. The molecule has 1 saturated carbocycles. The van der Waals surface area contributed by atoms with Gasteiger partial charge in [-0.15, -0.1) is 0 Å². The molecule has 7 nitrogen and oxygen atoms in total. The van der Waals surface area contributed by atoms with Gasteiger partial charge in [0.25, 0.3) is 0 Å². The molecule has 0 bridgehead atoms. The van der Waals surface area contributed by atoms with E-state index in [1.807, 2.05) is 6.92 Å². The highest BCUT2D eigenvalue weighted by molar-refractivity contribution is 7.93. The first kappa shape index (κ1) is 20.9. The first-order chi connectivity index (χ1) is 11.6. The van der Waals surface area contributed by atoms with Crippen LogP contribution in [0.15, 0.2) is 0 Å². The second-order valence-electron chi connectivity index (χ2n) is 5.77. The highest BCUT2D eigenvalue weighted by Gasteiger charge is 2.25. The zero-order valence-electron chi connectivity index (χ0n) is 14.5. The summed E-state index contributed by atoms with van der Waals surface area (Å²) in [4.78, 5) is 34.7. The molecule has 0 saturated heterocycles. The third-order valence-corrected chi connectivity index (χ3v) is 4.36. The minimum absolute atomic E-state index is 0.00482. The quantitative estimate of drug-likeness (QED) is 0.423. The van der Waals surface area contributed by atoms with Crippen molar-refractivity contribution in [3.63, 3.8) is 0 Å². The minimum Gasteiger partial charge on any atom is -0.370 e.